The lowest BCUT2D eigenvalue weighted by Gasteiger charge is -2.36. The number of hydrogen-bond acceptors (Lipinski definition) is 2. The molecule has 0 radical (unpaired) electrons. The van der Waals surface area contributed by atoms with Crippen molar-refractivity contribution in [1.29, 1.82) is 0 Å². The lowest BCUT2D eigenvalue weighted by atomic mass is 9.97. The predicted molar refractivity (Wildman–Crippen MR) is 121 cm³/mol. The van der Waals surface area contributed by atoms with Gasteiger partial charge in [0.2, 0.25) is 0 Å². The molecule has 0 spiro atoms. The van der Waals surface area contributed by atoms with Crippen LogP contribution in [0.3, 0.4) is 0 Å². The number of fused-ring (bicyclic) bond motifs is 3. The molecule has 1 N–H and O–H groups in total. The monoisotopic (exact) mass is 409 g/mol. The lowest BCUT2D eigenvalue weighted by molar-refractivity contribution is 0.0884. The van der Waals surface area contributed by atoms with Crippen molar-refractivity contribution in [3.8, 4) is 11.3 Å². The first-order chi connectivity index (χ1) is 13.6. The molecule has 2 fully saturated rings. The Hall–Kier alpha value is -2.30. The molecule has 4 nitrogen and oxygen atoms in total. The summed E-state index contributed by atoms with van der Waals surface area (Å²) in [7, 11) is 4.29. The maximum absolute atomic E-state index is 13.5. The van der Waals surface area contributed by atoms with Crippen molar-refractivity contribution >= 4 is 29.2 Å². The minimum absolute atomic E-state index is 0. The van der Waals surface area contributed by atoms with Crippen LogP contribution in [0.25, 0.3) is 22.2 Å². The van der Waals surface area contributed by atoms with Crippen molar-refractivity contribution < 1.29 is 4.79 Å². The Morgan fingerprint density at radius 3 is 2.24 bits per heavy atom. The fourth-order valence-corrected chi connectivity index (χ4v) is 5.34. The van der Waals surface area contributed by atoms with E-state index in [1.165, 1.54) is 12.8 Å². The molecule has 0 aliphatic carbocycles. The summed E-state index contributed by atoms with van der Waals surface area (Å²) in [5, 5.41) is 4.42. The van der Waals surface area contributed by atoms with E-state index in [0.717, 1.165) is 40.6 Å². The summed E-state index contributed by atoms with van der Waals surface area (Å²) in [4.78, 5) is 16.0. The van der Waals surface area contributed by atoms with Crippen molar-refractivity contribution in [3.63, 3.8) is 0 Å². The van der Waals surface area contributed by atoms with E-state index in [1.54, 1.807) is 0 Å². The van der Waals surface area contributed by atoms with Crippen LogP contribution >= 0.6 is 12.4 Å². The van der Waals surface area contributed by atoms with Crippen LogP contribution in [-0.2, 0) is 7.05 Å². The van der Waals surface area contributed by atoms with E-state index in [2.05, 4.69) is 53.1 Å². The van der Waals surface area contributed by atoms with Gasteiger partial charge in [-0.3, -0.25) is 4.79 Å². The molecule has 2 bridgehead atoms. The number of aryl methyl sites for hydroxylation is 1. The zero-order valence-corrected chi connectivity index (χ0v) is 17.8. The van der Waals surface area contributed by atoms with Crippen molar-refractivity contribution in [2.75, 3.05) is 7.05 Å². The molecular weight excluding hydrogens is 382 g/mol. The number of nitrogens with one attached hydrogen (secondary N) is 1. The lowest BCUT2D eigenvalue weighted by Crippen LogP contribution is -2.48. The highest BCUT2D eigenvalue weighted by Gasteiger charge is 2.39. The molecule has 1 amide bonds. The SMILES string of the molecule is CN1[C@@H]2CC[C@H]1C[C@@H](NC(=O)c1c(-c3ccccc3)n(C)c3ccccc13)C2.Cl. The summed E-state index contributed by atoms with van der Waals surface area (Å²) in [5.41, 5.74) is 3.97. The van der Waals surface area contributed by atoms with Crippen LogP contribution in [0.15, 0.2) is 54.6 Å². The number of benzene rings is 2. The predicted octanol–water partition coefficient (Wildman–Crippen LogP) is 4.62. The molecule has 0 unspecified atom stereocenters. The van der Waals surface area contributed by atoms with Crippen LogP contribution in [0.5, 0.6) is 0 Å². The third kappa shape index (κ3) is 3.34. The number of carbonyl (C=O) groups is 1. The van der Waals surface area contributed by atoms with E-state index >= 15 is 0 Å². The molecule has 3 heterocycles. The third-order valence-electron chi connectivity index (χ3n) is 6.81. The van der Waals surface area contributed by atoms with Gasteiger partial charge in [0.1, 0.15) is 0 Å². The van der Waals surface area contributed by atoms with Gasteiger partial charge in [-0.05, 0) is 44.4 Å². The first-order valence-corrected chi connectivity index (χ1v) is 10.3. The summed E-state index contributed by atoms with van der Waals surface area (Å²) in [6.07, 6.45) is 4.64. The Balaban J connectivity index is 0.00000205. The number of hydrogen-bond donors (Lipinski definition) is 1. The van der Waals surface area contributed by atoms with E-state index in [1.807, 2.05) is 30.3 Å². The number of rotatable bonds is 3. The highest BCUT2D eigenvalue weighted by molar-refractivity contribution is 6.12. The van der Waals surface area contributed by atoms with Crippen molar-refractivity contribution in [2.24, 2.45) is 7.05 Å². The molecule has 5 heteroatoms. The van der Waals surface area contributed by atoms with Gasteiger partial charge in [0.15, 0.2) is 0 Å². The molecular formula is C24H28ClN3O. The number of aromatic nitrogens is 1. The van der Waals surface area contributed by atoms with Gasteiger partial charge in [0.05, 0.1) is 11.3 Å². The van der Waals surface area contributed by atoms with Crippen LogP contribution in [0.2, 0.25) is 0 Å². The van der Waals surface area contributed by atoms with Crippen LogP contribution < -0.4 is 5.32 Å². The standard InChI is InChI=1S/C24H27N3O.ClH/c1-26-18-12-13-19(26)15-17(14-18)25-24(28)22-20-10-6-7-11-21(20)27(2)23(22)16-8-4-3-5-9-16;/h3-11,17-19H,12-15H2,1-2H3,(H,25,28);1H/t17-,18+,19-;. The molecule has 2 aliphatic heterocycles. The Kier molecular flexibility index (Phi) is 5.41. The average molecular weight is 410 g/mol. The first kappa shape index (κ1) is 20.0. The summed E-state index contributed by atoms with van der Waals surface area (Å²) >= 11 is 0. The number of amides is 1. The minimum Gasteiger partial charge on any atom is -0.349 e. The number of nitrogens with zero attached hydrogens (tertiary/aromatic N) is 2. The van der Waals surface area contributed by atoms with Gasteiger partial charge in [-0.2, -0.15) is 0 Å². The first-order valence-electron chi connectivity index (χ1n) is 10.3. The molecule has 1 aromatic heterocycles. The zero-order valence-electron chi connectivity index (χ0n) is 17.0. The minimum atomic E-state index is 0. The van der Waals surface area contributed by atoms with Crippen molar-refractivity contribution in [3.05, 3.63) is 60.2 Å². The molecule has 2 aliphatic rings. The molecule has 152 valence electrons. The second-order valence-electron chi connectivity index (χ2n) is 8.36. The topological polar surface area (TPSA) is 37.3 Å². The zero-order chi connectivity index (χ0) is 19.3. The van der Waals surface area contributed by atoms with Gasteiger partial charge in [-0.15, -0.1) is 12.4 Å². The number of para-hydroxylation sites is 1. The van der Waals surface area contributed by atoms with Crippen LogP contribution in [-0.4, -0.2) is 40.5 Å². The fraction of sp³-hybridized carbons (Fsp3) is 0.375. The fourth-order valence-electron chi connectivity index (χ4n) is 5.34. The molecule has 5 rings (SSSR count). The Bertz CT molecular complexity index is 1020. The van der Waals surface area contributed by atoms with Crippen LogP contribution in [0, 0.1) is 0 Å². The normalized spacial score (nSPS) is 23.7. The maximum Gasteiger partial charge on any atom is 0.254 e. The van der Waals surface area contributed by atoms with Gasteiger partial charge in [0, 0.05) is 36.1 Å². The molecule has 29 heavy (non-hydrogen) atoms. The maximum atomic E-state index is 13.5. The largest absolute Gasteiger partial charge is 0.349 e. The molecule has 2 saturated heterocycles. The van der Waals surface area contributed by atoms with Gasteiger partial charge in [-0.25, -0.2) is 0 Å². The second kappa shape index (κ2) is 7.85. The molecule has 0 saturated carbocycles. The molecule has 2 aromatic carbocycles. The smallest absolute Gasteiger partial charge is 0.254 e. The summed E-state index contributed by atoms with van der Waals surface area (Å²) in [5.74, 6) is 0.0598. The van der Waals surface area contributed by atoms with E-state index in [4.69, 9.17) is 0 Å². The second-order valence-corrected chi connectivity index (χ2v) is 8.36. The molecule has 3 atom stereocenters. The Labute approximate surface area is 178 Å². The number of piperidine rings is 1. The third-order valence-corrected chi connectivity index (χ3v) is 6.81. The summed E-state index contributed by atoms with van der Waals surface area (Å²) in [6, 6.07) is 20.0. The van der Waals surface area contributed by atoms with Crippen molar-refractivity contribution in [2.45, 2.75) is 43.8 Å². The Morgan fingerprint density at radius 1 is 0.931 bits per heavy atom. The van der Waals surface area contributed by atoms with Crippen LogP contribution in [0.4, 0.5) is 0 Å². The van der Waals surface area contributed by atoms with Gasteiger partial charge < -0.3 is 14.8 Å². The van der Waals surface area contributed by atoms with Crippen LogP contribution in [0.1, 0.15) is 36.0 Å². The van der Waals surface area contributed by atoms with E-state index in [9.17, 15) is 4.79 Å². The average Bonchev–Trinajstić information content (AvgIpc) is 3.10. The molecule has 3 aromatic rings. The van der Waals surface area contributed by atoms with Gasteiger partial charge in [0.25, 0.3) is 5.91 Å². The van der Waals surface area contributed by atoms with Crippen molar-refractivity contribution in [1.82, 2.24) is 14.8 Å². The number of carbonyl (C=O) groups excluding carboxylic acids is 1. The van der Waals surface area contributed by atoms with Gasteiger partial charge >= 0.3 is 0 Å². The quantitative estimate of drug-likeness (QED) is 0.685. The van der Waals surface area contributed by atoms with E-state index < -0.39 is 0 Å². The van der Waals surface area contributed by atoms with E-state index in [0.29, 0.717) is 12.1 Å². The Morgan fingerprint density at radius 2 is 1.55 bits per heavy atom. The highest BCUT2D eigenvalue weighted by Crippen LogP contribution is 2.36. The summed E-state index contributed by atoms with van der Waals surface area (Å²) in [6.45, 7) is 0. The number of halogens is 1. The summed E-state index contributed by atoms with van der Waals surface area (Å²) < 4.78 is 2.15. The van der Waals surface area contributed by atoms with Gasteiger partial charge in [-0.1, -0.05) is 48.5 Å². The van der Waals surface area contributed by atoms with E-state index in [-0.39, 0.29) is 24.4 Å². The highest BCUT2D eigenvalue weighted by atomic mass is 35.5.